The van der Waals surface area contributed by atoms with E-state index in [-0.39, 0.29) is 0 Å². The molecular formula is C15H10ClNOS. The molecule has 19 heavy (non-hydrogen) atoms. The van der Waals surface area contributed by atoms with Crippen molar-refractivity contribution in [1.82, 2.24) is 0 Å². The summed E-state index contributed by atoms with van der Waals surface area (Å²) in [5.41, 5.74) is 0.720. The number of carbonyl (C=O) groups excluding carboxylic acids is 1. The van der Waals surface area contributed by atoms with E-state index in [0.29, 0.717) is 11.3 Å². The van der Waals surface area contributed by atoms with Crippen LogP contribution in [0, 0.1) is 11.3 Å². The summed E-state index contributed by atoms with van der Waals surface area (Å²) in [5, 5.41) is 9.52. The Labute approximate surface area is 121 Å². The number of aldehydes is 1. The maximum Gasteiger partial charge on any atom is 0.141 e. The number of nitrogens with zero attached hydrogens (tertiary/aromatic N) is 1. The second kappa shape index (κ2) is 6.42. The average molecular weight is 288 g/mol. The van der Waals surface area contributed by atoms with Crippen LogP contribution in [-0.4, -0.2) is 6.29 Å². The van der Waals surface area contributed by atoms with Crippen molar-refractivity contribution >= 4 is 29.6 Å². The highest BCUT2D eigenvalue weighted by Gasteiger charge is 2.08. The van der Waals surface area contributed by atoms with E-state index in [9.17, 15) is 4.79 Å². The summed E-state index contributed by atoms with van der Waals surface area (Å²) >= 11 is 7.43. The third-order valence-electron chi connectivity index (χ3n) is 2.56. The molecule has 2 rings (SSSR count). The highest BCUT2D eigenvalue weighted by molar-refractivity contribution is 7.99. The molecule has 0 aliphatic carbocycles. The summed E-state index contributed by atoms with van der Waals surface area (Å²) in [6, 6.07) is 17.0. The van der Waals surface area contributed by atoms with E-state index in [0.717, 1.165) is 15.4 Å². The molecule has 0 heterocycles. The number of rotatable bonds is 4. The third-order valence-corrected chi connectivity index (χ3v) is 3.83. The quantitative estimate of drug-likeness (QED) is 0.787. The van der Waals surface area contributed by atoms with Gasteiger partial charge in [0, 0.05) is 14.8 Å². The van der Waals surface area contributed by atoms with E-state index < -0.39 is 5.92 Å². The van der Waals surface area contributed by atoms with Crippen LogP contribution in [0.2, 0.25) is 5.02 Å². The van der Waals surface area contributed by atoms with Crippen molar-refractivity contribution in [2.75, 3.05) is 0 Å². The molecule has 0 aromatic heterocycles. The molecule has 0 fully saturated rings. The molecule has 0 unspecified atom stereocenters. The summed E-state index contributed by atoms with van der Waals surface area (Å²) in [6.45, 7) is 0. The first-order chi connectivity index (χ1) is 9.22. The van der Waals surface area contributed by atoms with Gasteiger partial charge in [-0.05, 0) is 42.0 Å². The van der Waals surface area contributed by atoms with Crippen LogP contribution in [0.25, 0.3) is 0 Å². The monoisotopic (exact) mass is 287 g/mol. The molecule has 2 aromatic carbocycles. The van der Waals surface area contributed by atoms with Gasteiger partial charge in [-0.2, -0.15) is 5.26 Å². The summed E-state index contributed by atoms with van der Waals surface area (Å²) in [7, 11) is 0. The highest BCUT2D eigenvalue weighted by atomic mass is 35.5. The Morgan fingerprint density at radius 1 is 1.05 bits per heavy atom. The van der Waals surface area contributed by atoms with Gasteiger partial charge in [-0.15, -0.1) is 0 Å². The summed E-state index contributed by atoms with van der Waals surface area (Å²) in [5.74, 6) is -0.686. The summed E-state index contributed by atoms with van der Waals surface area (Å²) in [4.78, 5) is 12.8. The second-order valence-corrected chi connectivity index (χ2v) is 5.45. The molecule has 2 nitrogen and oxygen atoms in total. The molecule has 0 bridgehead atoms. The number of benzene rings is 2. The molecule has 0 amide bonds. The van der Waals surface area contributed by atoms with Crippen LogP contribution < -0.4 is 0 Å². The molecule has 0 aliphatic heterocycles. The lowest BCUT2D eigenvalue weighted by molar-refractivity contribution is -0.108. The van der Waals surface area contributed by atoms with Gasteiger partial charge in [0.1, 0.15) is 12.2 Å². The minimum Gasteiger partial charge on any atom is -0.302 e. The Hall–Kier alpha value is -1.76. The fourth-order valence-corrected chi connectivity index (χ4v) is 2.51. The topological polar surface area (TPSA) is 40.9 Å². The van der Waals surface area contributed by atoms with Gasteiger partial charge in [-0.25, -0.2) is 0 Å². The Bertz CT molecular complexity index is 602. The molecular weight excluding hydrogens is 278 g/mol. The first-order valence-electron chi connectivity index (χ1n) is 5.61. The van der Waals surface area contributed by atoms with Crippen LogP contribution in [0.15, 0.2) is 58.3 Å². The molecule has 0 spiro atoms. The van der Waals surface area contributed by atoms with Crippen LogP contribution in [0.3, 0.4) is 0 Å². The van der Waals surface area contributed by atoms with E-state index in [1.807, 2.05) is 42.5 Å². The van der Waals surface area contributed by atoms with Crippen LogP contribution in [0.4, 0.5) is 0 Å². The van der Waals surface area contributed by atoms with E-state index in [1.165, 1.54) is 0 Å². The molecule has 0 saturated heterocycles. The fourth-order valence-electron chi connectivity index (χ4n) is 1.57. The van der Waals surface area contributed by atoms with Crippen molar-refractivity contribution in [2.45, 2.75) is 15.7 Å². The lowest BCUT2D eigenvalue weighted by atomic mass is 10.0. The van der Waals surface area contributed by atoms with Gasteiger partial charge >= 0.3 is 0 Å². The van der Waals surface area contributed by atoms with Crippen molar-refractivity contribution in [1.29, 1.82) is 5.26 Å². The van der Waals surface area contributed by atoms with Gasteiger partial charge in [0.2, 0.25) is 0 Å². The second-order valence-electron chi connectivity index (χ2n) is 3.87. The average Bonchev–Trinajstić information content (AvgIpc) is 2.44. The molecule has 0 N–H and O–H groups in total. The van der Waals surface area contributed by atoms with Crippen molar-refractivity contribution in [3.8, 4) is 6.07 Å². The number of hydrogen-bond donors (Lipinski definition) is 0. The molecule has 94 valence electrons. The number of halogens is 1. The zero-order valence-electron chi connectivity index (χ0n) is 9.92. The van der Waals surface area contributed by atoms with E-state index in [1.54, 1.807) is 23.9 Å². The minimum absolute atomic E-state index is 0.654. The Morgan fingerprint density at radius 3 is 2.05 bits per heavy atom. The Balaban J connectivity index is 2.13. The molecule has 2 aromatic rings. The Kier molecular flexibility index (Phi) is 4.62. The predicted octanol–water partition coefficient (Wildman–Crippen LogP) is 4.30. The zero-order valence-corrected chi connectivity index (χ0v) is 11.5. The van der Waals surface area contributed by atoms with Gasteiger partial charge in [-0.1, -0.05) is 35.5 Å². The molecule has 0 radical (unpaired) electrons. The SMILES string of the molecule is N#C[C@H](C=O)c1ccc(Sc2ccc(Cl)cc2)cc1. The first kappa shape index (κ1) is 13.7. The Morgan fingerprint density at radius 2 is 1.58 bits per heavy atom. The third kappa shape index (κ3) is 3.60. The highest BCUT2D eigenvalue weighted by Crippen LogP contribution is 2.29. The van der Waals surface area contributed by atoms with Gasteiger partial charge in [0.05, 0.1) is 6.07 Å². The molecule has 0 aliphatic rings. The van der Waals surface area contributed by atoms with E-state index in [4.69, 9.17) is 16.9 Å². The van der Waals surface area contributed by atoms with Gasteiger partial charge in [-0.3, -0.25) is 0 Å². The number of carbonyl (C=O) groups is 1. The fraction of sp³-hybridized carbons (Fsp3) is 0.0667. The minimum atomic E-state index is -0.686. The first-order valence-corrected chi connectivity index (χ1v) is 6.80. The van der Waals surface area contributed by atoms with Crippen molar-refractivity contribution in [3.63, 3.8) is 0 Å². The maximum atomic E-state index is 10.7. The largest absolute Gasteiger partial charge is 0.302 e. The van der Waals surface area contributed by atoms with Crippen molar-refractivity contribution in [2.24, 2.45) is 0 Å². The van der Waals surface area contributed by atoms with Crippen LogP contribution >= 0.6 is 23.4 Å². The normalized spacial score (nSPS) is 11.6. The number of nitriles is 1. The standard InChI is InChI=1S/C15H10ClNOS/c16-13-3-7-15(8-4-13)19-14-5-1-11(2-6-14)12(9-17)10-18/h1-8,10,12H/t12-/m1/s1. The summed E-state index contributed by atoms with van der Waals surface area (Å²) in [6.07, 6.45) is 0.654. The predicted molar refractivity (Wildman–Crippen MR) is 76.4 cm³/mol. The van der Waals surface area contributed by atoms with E-state index in [2.05, 4.69) is 0 Å². The van der Waals surface area contributed by atoms with Crippen LogP contribution in [0.1, 0.15) is 11.5 Å². The van der Waals surface area contributed by atoms with Crippen molar-refractivity contribution in [3.05, 3.63) is 59.1 Å². The molecule has 0 saturated carbocycles. The van der Waals surface area contributed by atoms with Crippen LogP contribution in [-0.2, 0) is 4.79 Å². The lowest BCUT2D eigenvalue weighted by Crippen LogP contribution is -1.95. The van der Waals surface area contributed by atoms with Gasteiger partial charge < -0.3 is 4.79 Å². The van der Waals surface area contributed by atoms with Gasteiger partial charge in [0.15, 0.2) is 0 Å². The van der Waals surface area contributed by atoms with Gasteiger partial charge in [0.25, 0.3) is 0 Å². The maximum absolute atomic E-state index is 10.7. The van der Waals surface area contributed by atoms with E-state index >= 15 is 0 Å². The molecule has 4 heteroatoms. The summed E-state index contributed by atoms with van der Waals surface area (Å²) < 4.78 is 0. The smallest absolute Gasteiger partial charge is 0.141 e. The lowest BCUT2D eigenvalue weighted by Gasteiger charge is -2.05. The number of hydrogen-bond acceptors (Lipinski definition) is 3. The molecule has 1 atom stereocenters. The van der Waals surface area contributed by atoms with Crippen molar-refractivity contribution < 1.29 is 4.79 Å². The van der Waals surface area contributed by atoms with Crippen LogP contribution in [0.5, 0.6) is 0 Å². The zero-order chi connectivity index (χ0) is 13.7.